The molecule has 0 aromatic rings. The average Bonchev–Trinajstić information content (AvgIpc) is 2.00. The molecule has 0 aromatic heterocycles. The molecule has 3 heteroatoms. The van der Waals surface area contributed by atoms with Gasteiger partial charge in [0.1, 0.15) is 0 Å². The Morgan fingerprint density at radius 3 is 1.93 bits per heavy atom. The molecule has 0 aromatic carbocycles. The molecular formula is C11H24N2O. The van der Waals surface area contributed by atoms with Crippen LogP contribution < -0.4 is 11.5 Å². The number of rotatable bonds is 4. The Balaban J connectivity index is 4.37. The van der Waals surface area contributed by atoms with Crippen LogP contribution in [0.25, 0.3) is 0 Å². The fourth-order valence-corrected chi connectivity index (χ4v) is 1.33. The zero-order chi connectivity index (χ0) is 11.6. The lowest BCUT2D eigenvalue weighted by molar-refractivity contribution is -0.128. The molecule has 0 spiro atoms. The molecule has 0 saturated carbocycles. The molecule has 1 unspecified atom stereocenters. The van der Waals surface area contributed by atoms with Crippen molar-refractivity contribution in [3.05, 3.63) is 0 Å². The van der Waals surface area contributed by atoms with Crippen molar-refractivity contribution in [2.45, 2.75) is 47.1 Å². The summed E-state index contributed by atoms with van der Waals surface area (Å²) in [4.78, 5) is 11.8. The van der Waals surface area contributed by atoms with Gasteiger partial charge in [0.05, 0.1) is 6.04 Å². The number of hydrogen-bond donors (Lipinski definition) is 2. The SMILES string of the molecule is CC(C)(CN)CC(N)C(=O)C(C)(C)C. The number of nitrogens with two attached hydrogens (primary N) is 2. The van der Waals surface area contributed by atoms with Crippen LogP contribution >= 0.6 is 0 Å². The zero-order valence-electron chi connectivity index (χ0n) is 10.1. The van der Waals surface area contributed by atoms with Gasteiger partial charge >= 0.3 is 0 Å². The first-order valence-corrected chi connectivity index (χ1v) is 5.10. The average molecular weight is 200 g/mol. The molecule has 1 atom stereocenters. The number of carbonyl (C=O) groups is 1. The molecule has 0 rings (SSSR count). The van der Waals surface area contributed by atoms with E-state index in [2.05, 4.69) is 0 Å². The van der Waals surface area contributed by atoms with Gasteiger partial charge in [0.25, 0.3) is 0 Å². The molecule has 0 amide bonds. The molecule has 0 fully saturated rings. The smallest absolute Gasteiger partial charge is 0.154 e. The second kappa shape index (κ2) is 4.41. The number of Topliss-reactive ketones (excluding diaryl/α,β-unsaturated/α-hetero) is 1. The molecule has 0 heterocycles. The summed E-state index contributed by atoms with van der Waals surface area (Å²) >= 11 is 0. The van der Waals surface area contributed by atoms with Gasteiger partial charge in [-0.1, -0.05) is 34.6 Å². The van der Waals surface area contributed by atoms with Crippen LogP contribution in [0.15, 0.2) is 0 Å². The first-order chi connectivity index (χ1) is 6.10. The highest BCUT2D eigenvalue weighted by atomic mass is 16.1. The number of hydrogen-bond acceptors (Lipinski definition) is 3. The highest BCUT2D eigenvalue weighted by Gasteiger charge is 2.30. The normalized spacial score (nSPS) is 15.4. The first kappa shape index (κ1) is 13.6. The minimum absolute atomic E-state index is 0.0552. The Labute approximate surface area is 87.2 Å². The lowest BCUT2D eigenvalue weighted by Crippen LogP contribution is -2.43. The van der Waals surface area contributed by atoms with Gasteiger partial charge in [0.2, 0.25) is 0 Å². The summed E-state index contributed by atoms with van der Waals surface area (Å²) in [5.74, 6) is 0.110. The van der Waals surface area contributed by atoms with Crippen LogP contribution in [0.3, 0.4) is 0 Å². The highest BCUT2D eigenvalue weighted by molar-refractivity contribution is 5.88. The Kier molecular flexibility index (Phi) is 4.28. The maximum atomic E-state index is 11.8. The third-order valence-corrected chi connectivity index (χ3v) is 2.40. The van der Waals surface area contributed by atoms with Crippen molar-refractivity contribution >= 4 is 5.78 Å². The van der Waals surface area contributed by atoms with Crippen LogP contribution in [0.1, 0.15) is 41.0 Å². The van der Waals surface area contributed by atoms with E-state index in [1.54, 1.807) is 0 Å². The lowest BCUT2D eigenvalue weighted by Gasteiger charge is -2.29. The summed E-state index contributed by atoms with van der Waals surface area (Å²) in [5, 5.41) is 0. The summed E-state index contributed by atoms with van der Waals surface area (Å²) < 4.78 is 0. The Bertz CT molecular complexity index is 204. The quantitative estimate of drug-likeness (QED) is 0.718. The minimum Gasteiger partial charge on any atom is -0.330 e. The van der Waals surface area contributed by atoms with Crippen LogP contribution in [0.2, 0.25) is 0 Å². The summed E-state index contributed by atoms with van der Waals surface area (Å²) in [6.07, 6.45) is 0.652. The highest BCUT2D eigenvalue weighted by Crippen LogP contribution is 2.24. The van der Waals surface area contributed by atoms with E-state index in [9.17, 15) is 4.79 Å². The maximum absolute atomic E-state index is 11.8. The van der Waals surface area contributed by atoms with Gasteiger partial charge in [0, 0.05) is 5.41 Å². The molecule has 0 saturated heterocycles. The molecule has 0 bridgehead atoms. The van der Waals surface area contributed by atoms with Crippen molar-refractivity contribution < 1.29 is 4.79 Å². The Morgan fingerprint density at radius 1 is 1.21 bits per heavy atom. The second-order valence-corrected chi connectivity index (χ2v) is 5.79. The second-order valence-electron chi connectivity index (χ2n) is 5.79. The van der Waals surface area contributed by atoms with Gasteiger partial charge in [-0.25, -0.2) is 0 Å². The molecule has 4 N–H and O–H groups in total. The summed E-state index contributed by atoms with van der Waals surface area (Å²) in [6.45, 7) is 10.3. The zero-order valence-corrected chi connectivity index (χ0v) is 10.1. The van der Waals surface area contributed by atoms with Crippen molar-refractivity contribution in [2.24, 2.45) is 22.3 Å². The van der Waals surface area contributed by atoms with Gasteiger partial charge in [-0.2, -0.15) is 0 Å². The maximum Gasteiger partial charge on any atom is 0.154 e. The van der Waals surface area contributed by atoms with Crippen molar-refractivity contribution in [1.29, 1.82) is 0 Å². The van der Waals surface area contributed by atoms with Gasteiger partial charge in [0.15, 0.2) is 5.78 Å². The van der Waals surface area contributed by atoms with Gasteiger partial charge < -0.3 is 11.5 Å². The van der Waals surface area contributed by atoms with Crippen LogP contribution in [0.5, 0.6) is 0 Å². The molecule has 0 aliphatic rings. The van der Waals surface area contributed by atoms with E-state index in [1.165, 1.54) is 0 Å². The topological polar surface area (TPSA) is 69.1 Å². The predicted octanol–water partition coefficient (Wildman–Crippen LogP) is 1.30. The first-order valence-electron chi connectivity index (χ1n) is 5.10. The monoisotopic (exact) mass is 200 g/mol. The Hall–Kier alpha value is -0.410. The Morgan fingerprint density at radius 2 is 1.64 bits per heavy atom. The van der Waals surface area contributed by atoms with E-state index in [0.29, 0.717) is 13.0 Å². The lowest BCUT2D eigenvalue weighted by atomic mass is 9.79. The van der Waals surface area contributed by atoms with E-state index < -0.39 is 6.04 Å². The molecular weight excluding hydrogens is 176 g/mol. The minimum atomic E-state index is -0.395. The van der Waals surface area contributed by atoms with Gasteiger partial charge in [-0.3, -0.25) is 4.79 Å². The van der Waals surface area contributed by atoms with Crippen molar-refractivity contribution in [2.75, 3.05) is 6.54 Å². The summed E-state index contributed by atoms with van der Waals surface area (Å²) in [7, 11) is 0. The van der Waals surface area contributed by atoms with Crippen LogP contribution in [0, 0.1) is 10.8 Å². The van der Waals surface area contributed by atoms with Crippen LogP contribution in [-0.4, -0.2) is 18.4 Å². The molecule has 84 valence electrons. The summed E-state index contributed by atoms with van der Waals surface area (Å²) in [6, 6.07) is -0.395. The fourth-order valence-electron chi connectivity index (χ4n) is 1.33. The molecule has 0 aliphatic heterocycles. The van der Waals surface area contributed by atoms with Gasteiger partial charge in [-0.15, -0.1) is 0 Å². The van der Waals surface area contributed by atoms with E-state index in [0.717, 1.165) is 0 Å². The van der Waals surface area contributed by atoms with E-state index in [-0.39, 0.29) is 16.6 Å². The van der Waals surface area contributed by atoms with Gasteiger partial charge in [-0.05, 0) is 18.4 Å². The standard InChI is InChI=1S/C11H24N2O/c1-10(2,3)9(14)8(13)6-11(4,5)7-12/h8H,6-7,12-13H2,1-5H3. The predicted molar refractivity (Wildman–Crippen MR) is 59.9 cm³/mol. The molecule has 14 heavy (non-hydrogen) atoms. The largest absolute Gasteiger partial charge is 0.330 e. The number of ketones is 1. The molecule has 3 nitrogen and oxygen atoms in total. The fraction of sp³-hybridized carbons (Fsp3) is 0.909. The van der Waals surface area contributed by atoms with E-state index in [1.807, 2.05) is 34.6 Å². The van der Waals surface area contributed by atoms with Crippen molar-refractivity contribution in [1.82, 2.24) is 0 Å². The van der Waals surface area contributed by atoms with Crippen molar-refractivity contribution in [3.63, 3.8) is 0 Å². The molecule has 0 radical (unpaired) electrons. The van der Waals surface area contributed by atoms with E-state index in [4.69, 9.17) is 11.5 Å². The van der Waals surface area contributed by atoms with E-state index >= 15 is 0 Å². The third kappa shape index (κ3) is 4.20. The van der Waals surface area contributed by atoms with Crippen molar-refractivity contribution in [3.8, 4) is 0 Å². The summed E-state index contributed by atoms with van der Waals surface area (Å²) in [5.41, 5.74) is 11.0. The van der Waals surface area contributed by atoms with Crippen LogP contribution in [-0.2, 0) is 4.79 Å². The molecule has 0 aliphatic carbocycles. The third-order valence-electron chi connectivity index (χ3n) is 2.40. The number of carbonyl (C=O) groups excluding carboxylic acids is 1. The van der Waals surface area contributed by atoms with Crippen LogP contribution in [0.4, 0.5) is 0 Å².